The van der Waals surface area contributed by atoms with Gasteiger partial charge in [-0.1, -0.05) is 36.4 Å². The molecule has 134 valence electrons. The van der Waals surface area contributed by atoms with E-state index in [1.165, 1.54) is 24.3 Å². The van der Waals surface area contributed by atoms with Crippen LogP contribution < -0.4 is 5.32 Å². The van der Waals surface area contributed by atoms with Crippen molar-refractivity contribution in [2.75, 3.05) is 20.2 Å². The number of hydrogen-bond donors (Lipinski definition) is 1. The van der Waals surface area contributed by atoms with Crippen molar-refractivity contribution in [3.8, 4) is 0 Å². The Morgan fingerprint density at radius 2 is 2.08 bits per heavy atom. The van der Waals surface area contributed by atoms with Crippen molar-refractivity contribution in [3.05, 3.63) is 71.0 Å². The molecule has 3 aliphatic carbocycles. The Hall–Kier alpha value is -2.20. The van der Waals surface area contributed by atoms with E-state index in [-0.39, 0.29) is 29.0 Å². The summed E-state index contributed by atoms with van der Waals surface area (Å²) in [5.41, 5.74) is 2.53. The number of carbonyl (C=O) groups is 1. The van der Waals surface area contributed by atoms with E-state index in [4.69, 9.17) is 4.74 Å². The van der Waals surface area contributed by atoms with Gasteiger partial charge in [0.15, 0.2) is 0 Å². The molecule has 2 aromatic carbocycles. The van der Waals surface area contributed by atoms with Crippen molar-refractivity contribution in [1.29, 1.82) is 0 Å². The van der Waals surface area contributed by atoms with Gasteiger partial charge in [0, 0.05) is 30.3 Å². The second-order valence-electron chi connectivity index (χ2n) is 7.88. The van der Waals surface area contributed by atoms with Crippen molar-refractivity contribution in [2.45, 2.75) is 24.2 Å². The van der Waals surface area contributed by atoms with Crippen molar-refractivity contribution >= 4 is 5.97 Å². The lowest BCUT2D eigenvalue weighted by Gasteiger charge is -2.59. The predicted molar refractivity (Wildman–Crippen MR) is 96.4 cm³/mol. The molecule has 4 aliphatic rings. The number of ether oxygens (including phenoxy) is 1. The quantitative estimate of drug-likeness (QED) is 0.843. The van der Waals surface area contributed by atoms with Crippen LogP contribution in [0, 0.1) is 17.2 Å². The minimum absolute atomic E-state index is 0.0675. The zero-order chi connectivity index (χ0) is 17.9. The molecular weight excluding hydrogens is 329 g/mol. The lowest BCUT2D eigenvalue weighted by molar-refractivity contribution is -0.161. The van der Waals surface area contributed by atoms with Gasteiger partial charge in [-0.05, 0) is 41.7 Å². The van der Waals surface area contributed by atoms with Gasteiger partial charge < -0.3 is 10.1 Å². The molecule has 4 unspecified atom stereocenters. The zero-order valence-corrected chi connectivity index (χ0v) is 14.8. The maximum atomic E-state index is 14.2. The van der Waals surface area contributed by atoms with Crippen LogP contribution in [0.25, 0.3) is 0 Å². The first-order valence-corrected chi connectivity index (χ1v) is 9.29. The lowest BCUT2D eigenvalue weighted by Crippen LogP contribution is -2.60. The number of esters is 1. The van der Waals surface area contributed by atoms with Gasteiger partial charge in [0.1, 0.15) is 5.82 Å². The third kappa shape index (κ3) is 1.73. The molecule has 2 aromatic rings. The number of methoxy groups -OCH3 is 1. The fourth-order valence-electron chi connectivity index (χ4n) is 6.29. The Morgan fingerprint density at radius 1 is 1.23 bits per heavy atom. The monoisotopic (exact) mass is 351 g/mol. The molecule has 3 nitrogen and oxygen atoms in total. The second-order valence-corrected chi connectivity index (χ2v) is 7.88. The van der Waals surface area contributed by atoms with Gasteiger partial charge in [0.25, 0.3) is 0 Å². The normalized spacial score (nSPS) is 34.2. The van der Waals surface area contributed by atoms with Gasteiger partial charge in [-0.3, -0.25) is 4.79 Å². The summed E-state index contributed by atoms with van der Waals surface area (Å²) in [6, 6.07) is 15.4. The lowest BCUT2D eigenvalue weighted by atomic mass is 9.42. The Kier molecular flexibility index (Phi) is 3.32. The van der Waals surface area contributed by atoms with E-state index >= 15 is 0 Å². The Morgan fingerprint density at radius 3 is 2.88 bits per heavy atom. The molecule has 1 saturated heterocycles. The molecule has 0 aromatic heterocycles. The largest absolute Gasteiger partial charge is 0.469 e. The Labute approximate surface area is 152 Å². The van der Waals surface area contributed by atoms with Crippen LogP contribution in [-0.4, -0.2) is 26.2 Å². The molecular formula is C22H22FNO2. The molecule has 6 rings (SSSR count). The predicted octanol–water partition coefficient (Wildman–Crippen LogP) is 3.38. The highest BCUT2D eigenvalue weighted by molar-refractivity contribution is 5.82. The van der Waals surface area contributed by atoms with Crippen LogP contribution in [-0.2, 0) is 14.9 Å². The summed E-state index contributed by atoms with van der Waals surface area (Å²) in [5, 5.41) is 3.47. The summed E-state index contributed by atoms with van der Waals surface area (Å²) >= 11 is 0. The smallest absolute Gasteiger partial charge is 0.314 e. The highest BCUT2D eigenvalue weighted by atomic mass is 19.1. The summed E-state index contributed by atoms with van der Waals surface area (Å²) in [4.78, 5) is 13.1. The first-order valence-electron chi connectivity index (χ1n) is 9.29. The van der Waals surface area contributed by atoms with E-state index in [2.05, 4.69) is 23.5 Å². The summed E-state index contributed by atoms with van der Waals surface area (Å²) in [6.45, 7) is 1.37. The van der Waals surface area contributed by atoms with E-state index in [9.17, 15) is 9.18 Å². The van der Waals surface area contributed by atoms with Crippen LogP contribution in [0.3, 0.4) is 0 Å². The van der Waals surface area contributed by atoms with Crippen molar-refractivity contribution < 1.29 is 13.9 Å². The van der Waals surface area contributed by atoms with Crippen LogP contribution in [0.2, 0.25) is 0 Å². The fourth-order valence-corrected chi connectivity index (χ4v) is 6.29. The number of carbonyl (C=O) groups excluding carboxylic acids is 1. The molecule has 1 heterocycles. The first kappa shape index (κ1) is 16.0. The summed E-state index contributed by atoms with van der Waals surface area (Å²) in [6.07, 6.45) is 1.85. The van der Waals surface area contributed by atoms with Gasteiger partial charge in [-0.25, -0.2) is 4.39 Å². The minimum Gasteiger partial charge on any atom is -0.469 e. The summed E-state index contributed by atoms with van der Waals surface area (Å²) in [7, 11) is 1.48. The molecule has 0 spiro atoms. The average molecular weight is 351 g/mol. The van der Waals surface area contributed by atoms with Crippen LogP contribution in [0.5, 0.6) is 0 Å². The number of halogens is 1. The van der Waals surface area contributed by atoms with E-state index in [1.54, 1.807) is 12.1 Å². The van der Waals surface area contributed by atoms with Crippen LogP contribution >= 0.6 is 0 Å². The molecule has 0 radical (unpaired) electrons. The van der Waals surface area contributed by atoms with Crippen LogP contribution in [0.1, 0.15) is 35.4 Å². The van der Waals surface area contributed by atoms with Gasteiger partial charge in [-0.2, -0.15) is 0 Å². The Balaban J connectivity index is 1.84. The van der Waals surface area contributed by atoms with Crippen molar-refractivity contribution in [2.24, 2.45) is 11.3 Å². The molecule has 2 bridgehead atoms. The highest BCUT2D eigenvalue weighted by Gasteiger charge is 2.69. The molecule has 2 fully saturated rings. The summed E-state index contributed by atoms with van der Waals surface area (Å²) in [5.74, 6) is -0.136. The zero-order valence-electron chi connectivity index (χ0n) is 14.8. The van der Waals surface area contributed by atoms with E-state index in [0.29, 0.717) is 6.54 Å². The van der Waals surface area contributed by atoms with Gasteiger partial charge in [0.2, 0.25) is 0 Å². The number of nitrogens with one attached hydrogen (secondary N) is 1. The maximum absolute atomic E-state index is 14.2. The highest BCUT2D eigenvalue weighted by Crippen LogP contribution is 2.67. The van der Waals surface area contributed by atoms with Crippen molar-refractivity contribution in [3.63, 3.8) is 0 Å². The number of rotatable bonds is 2. The third-order valence-electron chi connectivity index (χ3n) is 7.15. The number of benzene rings is 2. The topological polar surface area (TPSA) is 38.3 Å². The molecule has 1 aliphatic heterocycles. The molecule has 26 heavy (non-hydrogen) atoms. The Bertz CT molecular complexity index is 897. The average Bonchev–Trinajstić information content (AvgIpc) is 3.15. The maximum Gasteiger partial charge on any atom is 0.314 e. The van der Waals surface area contributed by atoms with E-state index < -0.39 is 5.41 Å². The minimum atomic E-state index is -0.576. The first-order chi connectivity index (χ1) is 12.6. The molecule has 4 atom stereocenters. The summed E-state index contributed by atoms with van der Waals surface area (Å²) < 4.78 is 19.5. The van der Waals surface area contributed by atoms with Gasteiger partial charge in [0.05, 0.1) is 12.5 Å². The van der Waals surface area contributed by atoms with Gasteiger partial charge in [-0.15, -0.1) is 0 Å². The van der Waals surface area contributed by atoms with Crippen LogP contribution in [0.15, 0.2) is 48.5 Å². The fraction of sp³-hybridized carbons (Fsp3) is 0.409. The molecule has 1 saturated carbocycles. The SMILES string of the molecule is COC(=O)C12CNCC1C1(c3cccc(F)c3)CCC2c2ccccc21. The molecule has 4 heteroatoms. The number of hydrogen-bond acceptors (Lipinski definition) is 3. The standard InChI is InChI=1S/C22H22FNO2/c1-26-20(25)22-13-24-12-19(22)21(14-5-4-6-15(23)11-14)10-9-18(22)16-7-2-3-8-17(16)21/h2-8,11,18-19,24H,9-10,12-13H2,1H3. The third-order valence-corrected chi connectivity index (χ3v) is 7.15. The number of fused-ring (bicyclic) bond motifs is 1. The van der Waals surface area contributed by atoms with E-state index in [0.717, 1.165) is 24.9 Å². The van der Waals surface area contributed by atoms with Crippen LogP contribution in [0.4, 0.5) is 4.39 Å². The van der Waals surface area contributed by atoms with Crippen molar-refractivity contribution in [1.82, 2.24) is 5.32 Å². The van der Waals surface area contributed by atoms with E-state index in [1.807, 2.05) is 12.1 Å². The molecule has 0 amide bonds. The van der Waals surface area contributed by atoms with Gasteiger partial charge >= 0.3 is 5.97 Å². The second kappa shape index (κ2) is 5.40. The molecule has 1 N–H and O–H groups in total.